The third-order valence-electron chi connectivity index (χ3n) is 5.69. The molecule has 5 nitrogen and oxygen atoms in total. The largest absolute Gasteiger partial charge is 0.504 e. The summed E-state index contributed by atoms with van der Waals surface area (Å²) < 4.78 is 7.18. The van der Waals surface area contributed by atoms with Gasteiger partial charge in [-0.2, -0.15) is 5.26 Å². The molecule has 0 saturated carbocycles. The SMILES string of the molecule is COc1ccc(/C=C/c2cc(-c3cccc(C)c3)n3c(nc4ccccc43)c2C#N)cc1O. The highest BCUT2D eigenvalue weighted by Crippen LogP contribution is 2.32. The summed E-state index contributed by atoms with van der Waals surface area (Å²) in [6.45, 7) is 2.06. The number of aromatic nitrogens is 2. The van der Waals surface area contributed by atoms with Gasteiger partial charge < -0.3 is 9.84 Å². The molecule has 0 aliphatic heterocycles. The summed E-state index contributed by atoms with van der Waals surface area (Å²) in [5.74, 6) is 0.479. The number of phenols is 1. The summed E-state index contributed by atoms with van der Waals surface area (Å²) in [5.41, 5.74) is 7.62. The molecule has 0 radical (unpaired) electrons. The van der Waals surface area contributed by atoms with Gasteiger partial charge in [0, 0.05) is 0 Å². The van der Waals surface area contributed by atoms with Gasteiger partial charge in [0.05, 0.1) is 23.8 Å². The van der Waals surface area contributed by atoms with Crippen LogP contribution in [0.15, 0.2) is 72.8 Å². The number of benzene rings is 3. The molecular formula is C28H21N3O2. The third kappa shape index (κ3) is 3.58. The number of imidazole rings is 1. The fourth-order valence-corrected chi connectivity index (χ4v) is 4.11. The van der Waals surface area contributed by atoms with Crippen molar-refractivity contribution in [3.8, 4) is 28.8 Å². The van der Waals surface area contributed by atoms with E-state index in [1.54, 1.807) is 12.1 Å². The number of rotatable bonds is 4. The number of pyridine rings is 1. The van der Waals surface area contributed by atoms with Gasteiger partial charge in [0.2, 0.25) is 0 Å². The maximum absolute atomic E-state index is 10.1. The van der Waals surface area contributed by atoms with Crippen molar-refractivity contribution in [2.75, 3.05) is 7.11 Å². The number of para-hydroxylation sites is 2. The molecule has 0 unspecified atom stereocenters. The Morgan fingerprint density at radius 2 is 1.85 bits per heavy atom. The van der Waals surface area contributed by atoms with Gasteiger partial charge in [0.1, 0.15) is 11.6 Å². The molecule has 3 aromatic carbocycles. The van der Waals surface area contributed by atoms with Gasteiger partial charge in [-0.3, -0.25) is 4.40 Å². The van der Waals surface area contributed by atoms with Gasteiger partial charge in [-0.05, 0) is 60.0 Å². The van der Waals surface area contributed by atoms with E-state index in [0.29, 0.717) is 17.0 Å². The first-order valence-electron chi connectivity index (χ1n) is 10.6. The van der Waals surface area contributed by atoms with Gasteiger partial charge >= 0.3 is 0 Å². The topological polar surface area (TPSA) is 70.5 Å². The maximum atomic E-state index is 10.1. The van der Waals surface area contributed by atoms with E-state index in [9.17, 15) is 10.4 Å². The highest BCUT2D eigenvalue weighted by Gasteiger charge is 2.17. The van der Waals surface area contributed by atoms with Crippen molar-refractivity contribution in [3.05, 3.63) is 95.1 Å². The number of aryl methyl sites for hydroxylation is 1. The third-order valence-corrected chi connectivity index (χ3v) is 5.69. The van der Waals surface area contributed by atoms with Crippen LogP contribution < -0.4 is 4.74 Å². The summed E-state index contributed by atoms with van der Waals surface area (Å²) in [6.07, 6.45) is 3.76. The molecule has 0 bridgehead atoms. The molecule has 0 spiro atoms. The second kappa shape index (κ2) is 8.18. The minimum absolute atomic E-state index is 0.0653. The number of hydrogen-bond donors (Lipinski definition) is 1. The van der Waals surface area contributed by atoms with Crippen molar-refractivity contribution in [2.45, 2.75) is 6.92 Å². The molecule has 0 atom stereocenters. The molecule has 0 amide bonds. The summed E-state index contributed by atoms with van der Waals surface area (Å²) in [6, 6.07) is 25.8. The first-order valence-corrected chi connectivity index (χ1v) is 10.6. The Hall–Kier alpha value is -4.56. The second-order valence-corrected chi connectivity index (χ2v) is 7.87. The van der Waals surface area contributed by atoms with Crippen LogP contribution in [0.25, 0.3) is 40.1 Å². The molecule has 0 fully saturated rings. The van der Waals surface area contributed by atoms with Crippen LogP contribution in [0.3, 0.4) is 0 Å². The summed E-state index contributed by atoms with van der Waals surface area (Å²) in [4.78, 5) is 4.80. The lowest BCUT2D eigenvalue weighted by molar-refractivity contribution is 0.373. The van der Waals surface area contributed by atoms with Crippen molar-refractivity contribution >= 4 is 28.8 Å². The number of phenolic OH excluding ortho intramolecular Hbond substituents is 1. The lowest BCUT2D eigenvalue weighted by Gasteiger charge is -2.11. The standard InChI is InChI=1S/C28H21N3O2/c1-18-6-5-7-21(14-18)25-16-20(12-10-19-11-13-27(33-2)26(32)15-19)22(17-29)28-30-23-8-3-4-9-24(23)31(25)28/h3-16,32H,1-2H3/b12-10+. The van der Waals surface area contributed by atoms with E-state index in [1.165, 1.54) is 7.11 Å². The number of nitrogens with zero attached hydrogens (tertiary/aromatic N) is 3. The number of hydrogen-bond acceptors (Lipinski definition) is 4. The minimum Gasteiger partial charge on any atom is -0.504 e. The van der Waals surface area contributed by atoms with Crippen molar-refractivity contribution in [2.24, 2.45) is 0 Å². The van der Waals surface area contributed by atoms with Crippen LogP contribution in [0, 0.1) is 18.3 Å². The summed E-state index contributed by atoms with van der Waals surface area (Å²) in [7, 11) is 1.51. The van der Waals surface area contributed by atoms with Crippen LogP contribution in [0.1, 0.15) is 22.3 Å². The van der Waals surface area contributed by atoms with E-state index in [0.717, 1.165) is 39.0 Å². The zero-order chi connectivity index (χ0) is 22.9. The molecule has 5 heteroatoms. The molecule has 0 aliphatic carbocycles. The van der Waals surface area contributed by atoms with Gasteiger partial charge in [0.15, 0.2) is 17.1 Å². The predicted octanol–water partition coefficient (Wildman–Crippen LogP) is 6.22. The second-order valence-electron chi connectivity index (χ2n) is 7.87. The molecule has 1 N–H and O–H groups in total. The molecule has 5 rings (SSSR count). The van der Waals surface area contributed by atoms with E-state index in [2.05, 4.69) is 35.6 Å². The van der Waals surface area contributed by atoms with Crippen molar-refractivity contribution in [1.82, 2.24) is 9.38 Å². The normalized spacial score (nSPS) is 11.3. The first kappa shape index (κ1) is 20.3. The van der Waals surface area contributed by atoms with E-state index < -0.39 is 0 Å². The smallest absolute Gasteiger partial charge is 0.160 e. The monoisotopic (exact) mass is 431 g/mol. The average Bonchev–Trinajstić information content (AvgIpc) is 3.21. The van der Waals surface area contributed by atoms with Crippen molar-refractivity contribution < 1.29 is 9.84 Å². The Kier molecular flexibility index (Phi) is 5.04. The summed E-state index contributed by atoms with van der Waals surface area (Å²) in [5, 5.41) is 20.2. The molecule has 33 heavy (non-hydrogen) atoms. The number of nitriles is 1. The van der Waals surface area contributed by atoms with Crippen LogP contribution in [-0.4, -0.2) is 21.6 Å². The fraction of sp³-hybridized carbons (Fsp3) is 0.0714. The predicted molar refractivity (Wildman–Crippen MR) is 131 cm³/mol. The Labute approximate surface area is 191 Å². The zero-order valence-corrected chi connectivity index (χ0v) is 18.3. The lowest BCUT2D eigenvalue weighted by Crippen LogP contribution is -1.98. The summed E-state index contributed by atoms with van der Waals surface area (Å²) >= 11 is 0. The van der Waals surface area contributed by atoms with Crippen LogP contribution in [-0.2, 0) is 0 Å². The maximum Gasteiger partial charge on any atom is 0.160 e. The number of fused-ring (bicyclic) bond motifs is 3. The molecule has 160 valence electrons. The van der Waals surface area contributed by atoms with Crippen LogP contribution in [0.2, 0.25) is 0 Å². The van der Waals surface area contributed by atoms with E-state index in [1.807, 2.05) is 54.6 Å². The number of methoxy groups -OCH3 is 1. The highest BCUT2D eigenvalue weighted by molar-refractivity contribution is 5.89. The Bertz CT molecular complexity index is 1590. The molecule has 0 saturated heterocycles. The Morgan fingerprint density at radius 3 is 2.61 bits per heavy atom. The van der Waals surface area contributed by atoms with E-state index in [-0.39, 0.29) is 5.75 Å². The van der Waals surface area contributed by atoms with E-state index >= 15 is 0 Å². The van der Waals surface area contributed by atoms with Gasteiger partial charge in [-0.15, -0.1) is 0 Å². The average molecular weight is 431 g/mol. The Morgan fingerprint density at radius 1 is 1.00 bits per heavy atom. The van der Waals surface area contributed by atoms with Crippen LogP contribution in [0.4, 0.5) is 0 Å². The zero-order valence-electron chi connectivity index (χ0n) is 18.3. The number of aromatic hydroxyl groups is 1. The van der Waals surface area contributed by atoms with Gasteiger partial charge in [-0.1, -0.05) is 54.1 Å². The van der Waals surface area contributed by atoms with Gasteiger partial charge in [-0.25, -0.2) is 4.98 Å². The lowest BCUT2D eigenvalue weighted by atomic mass is 10.0. The minimum atomic E-state index is 0.0653. The molecule has 0 aliphatic rings. The quantitative estimate of drug-likeness (QED) is 0.367. The molecular weight excluding hydrogens is 410 g/mol. The molecule has 5 aromatic rings. The van der Waals surface area contributed by atoms with Gasteiger partial charge in [0.25, 0.3) is 0 Å². The van der Waals surface area contributed by atoms with E-state index in [4.69, 9.17) is 9.72 Å². The van der Waals surface area contributed by atoms with Crippen LogP contribution in [0.5, 0.6) is 11.5 Å². The van der Waals surface area contributed by atoms with Crippen molar-refractivity contribution in [1.29, 1.82) is 5.26 Å². The molecule has 2 heterocycles. The Balaban J connectivity index is 1.76. The van der Waals surface area contributed by atoms with Crippen molar-refractivity contribution in [3.63, 3.8) is 0 Å². The highest BCUT2D eigenvalue weighted by atomic mass is 16.5. The number of ether oxygens (including phenoxy) is 1. The first-order chi connectivity index (χ1) is 16.1. The van der Waals surface area contributed by atoms with Crippen LogP contribution >= 0.6 is 0 Å². The molecule has 2 aromatic heterocycles. The fourth-order valence-electron chi connectivity index (χ4n) is 4.11.